The van der Waals surface area contributed by atoms with Crippen LogP contribution in [0.1, 0.15) is 11.1 Å². The van der Waals surface area contributed by atoms with Crippen LogP contribution in [0.2, 0.25) is 5.02 Å². The van der Waals surface area contributed by atoms with E-state index < -0.39 is 10.0 Å². The summed E-state index contributed by atoms with van der Waals surface area (Å²) in [4.78, 5) is 6.22. The largest absolute Gasteiger partial charge is 0.497 e. The summed E-state index contributed by atoms with van der Waals surface area (Å²) in [5.74, 6) is 0.752. The molecule has 3 heterocycles. The van der Waals surface area contributed by atoms with E-state index in [9.17, 15) is 8.42 Å². The van der Waals surface area contributed by atoms with Gasteiger partial charge in [-0.2, -0.15) is 4.31 Å². The van der Waals surface area contributed by atoms with Crippen LogP contribution in [-0.2, 0) is 27.8 Å². The van der Waals surface area contributed by atoms with Gasteiger partial charge in [0, 0.05) is 38.6 Å². The first kappa shape index (κ1) is 20.6. The predicted octanol–water partition coefficient (Wildman–Crippen LogP) is 2.16. The molecule has 0 saturated carbocycles. The van der Waals surface area contributed by atoms with Gasteiger partial charge in [-0.3, -0.25) is 9.88 Å². The Morgan fingerprint density at radius 2 is 2.00 bits per heavy atom. The van der Waals surface area contributed by atoms with Crippen molar-refractivity contribution in [3.05, 3.63) is 58.9 Å². The van der Waals surface area contributed by atoms with E-state index >= 15 is 0 Å². The van der Waals surface area contributed by atoms with Gasteiger partial charge in [0.05, 0.1) is 36.6 Å². The zero-order valence-corrected chi connectivity index (χ0v) is 17.8. The van der Waals surface area contributed by atoms with Crippen LogP contribution in [0.4, 0.5) is 0 Å². The first-order chi connectivity index (χ1) is 14.0. The molecule has 0 N–H and O–H groups in total. The van der Waals surface area contributed by atoms with Crippen LogP contribution in [0, 0.1) is 0 Å². The molecule has 7 nitrogen and oxygen atoms in total. The highest BCUT2D eigenvalue weighted by molar-refractivity contribution is 7.89. The summed E-state index contributed by atoms with van der Waals surface area (Å²) in [6.45, 7) is 2.43. The molecule has 2 saturated heterocycles. The second-order valence-corrected chi connectivity index (χ2v) is 9.80. The molecule has 2 aliphatic heterocycles. The minimum absolute atomic E-state index is 0.00629. The van der Waals surface area contributed by atoms with Gasteiger partial charge in [-0.1, -0.05) is 23.7 Å². The minimum Gasteiger partial charge on any atom is -0.497 e. The lowest BCUT2D eigenvalue weighted by Crippen LogP contribution is -2.45. The number of hydrogen-bond acceptors (Lipinski definition) is 6. The number of rotatable bonds is 5. The van der Waals surface area contributed by atoms with Crippen molar-refractivity contribution in [2.45, 2.75) is 25.2 Å². The second-order valence-electron chi connectivity index (χ2n) is 7.35. The van der Waals surface area contributed by atoms with Crippen LogP contribution in [0.25, 0.3) is 0 Å². The summed E-state index contributed by atoms with van der Waals surface area (Å²) in [6, 6.07) is 9.16. The molecule has 9 heteroatoms. The normalized spacial score (nSPS) is 24.8. The molecule has 2 aliphatic rings. The second kappa shape index (κ2) is 8.57. The molecular weight excluding hydrogens is 414 g/mol. The number of aromatic nitrogens is 1. The number of fused-ring (bicyclic) bond motifs is 1. The molecule has 0 radical (unpaired) electrons. The molecule has 2 atom stereocenters. The molecule has 0 spiro atoms. The molecule has 4 rings (SSSR count). The van der Waals surface area contributed by atoms with Crippen molar-refractivity contribution in [3.8, 4) is 5.75 Å². The fraction of sp³-hybridized carbons (Fsp3) is 0.450. The predicted molar refractivity (Wildman–Crippen MR) is 110 cm³/mol. The third-order valence-electron chi connectivity index (χ3n) is 5.46. The van der Waals surface area contributed by atoms with Crippen molar-refractivity contribution >= 4 is 21.6 Å². The quantitative estimate of drug-likeness (QED) is 0.713. The fourth-order valence-corrected chi connectivity index (χ4v) is 5.61. The molecule has 0 unspecified atom stereocenters. The van der Waals surface area contributed by atoms with E-state index in [0.717, 1.165) is 16.9 Å². The average Bonchev–Trinajstić information content (AvgIpc) is 3.05. The standard InChI is InChI=1S/C20H24ClN3O4S/c1-27-17-4-2-15(3-5-17)11-24-19-13-23(12-16-6-7-22-10-18(16)21)14-20(19)28-8-9-29(24,25)26/h2-7,10,19-20H,8-9,11-14H2,1H3/t19-,20+/m1/s1. The zero-order valence-electron chi connectivity index (χ0n) is 16.2. The topological polar surface area (TPSA) is 72.0 Å². The molecule has 0 bridgehead atoms. The van der Waals surface area contributed by atoms with E-state index in [4.69, 9.17) is 21.1 Å². The van der Waals surface area contributed by atoms with Gasteiger partial charge in [0.25, 0.3) is 0 Å². The maximum atomic E-state index is 13.0. The van der Waals surface area contributed by atoms with Gasteiger partial charge >= 0.3 is 0 Å². The van der Waals surface area contributed by atoms with Crippen molar-refractivity contribution < 1.29 is 17.9 Å². The van der Waals surface area contributed by atoms with Crippen molar-refractivity contribution in [1.82, 2.24) is 14.2 Å². The Kier molecular flexibility index (Phi) is 6.08. The van der Waals surface area contributed by atoms with Crippen LogP contribution < -0.4 is 4.74 Å². The van der Waals surface area contributed by atoms with E-state index in [1.807, 2.05) is 30.3 Å². The van der Waals surface area contributed by atoms with Gasteiger partial charge in [-0.25, -0.2) is 8.42 Å². The molecule has 2 fully saturated rings. The summed E-state index contributed by atoms with van der Waals surface area (Å²) in [6.07, 6.45) is 3.18. The number of pyridine rings is 1. The Labute approximate surface area is 176 Å². The monoisotopic (exact) mass is 437 g/mol. The highest BCUT2D eigenvalue weighted by atomic mass is 35.5. The molecule has 0 amide bonds. The SMILES string of the molecule is COc1ccc(CN2[C@@H]3CN(Cc4ccncc4Cl)C[C@@H]3OCCS2(=O)=O)cc1. The maximum Gasteiger partial charge on any atom is 0.217 e. The minimum atomic E-state index is -3.42. The molecular formula is C20H24ClN3O4S. The van der Waals surface area contributed by atoms with E-state index in [1.54, 1.807) is 23.8 Å². The van der Waals surface area contributed by atoms with E-state index in [-0.39, 0.29) is 24.5 Å². The van der Waals surface area contributed by atoms with Gasteiger partial charge in [0.1, 0.15) is 5.75 Å². The smallest absolute Gasteiger partial charge is 0.217 e. The number of halogens is 1. The van der Waals surface area contributed by atoms with Crippen LogP contribution in [0.3, 0.4) is 0 Å². The lowest BCUT2D eigenvalue weighted by atomic mass is 10.1. The molecule has 0 aliphatic carbocycles. The summed E-state index contributed by atoms with van der Waals surface area (Å²) in [5, 5.41) is 0.614. The maximum absolute atomic E-state index is 13.0. The van der Waals surface area contributed by atoms with Crippen molar-refractivity contribution in [3.63, 3.8) is 0 Å². The number of methoxy groups -OCH3 is 1. The first-order valence-corrected chi connectivity index (χ1v) is 11.5. The summed E-state index contributed by atoms with van der Waals surface area (Å²) in [7, 11) is -1.81. The Hall–Kier alpha value is -1.71. The summed E-state index contributed by atoms with van der Waals surface area (Å²) < 4.78 is 38.7. The molecule has 29 heavy (non-hydrogen) atoms. The number of benzene rings is 1. The highest BCUT2D eigenvalue weighted by Crippen LogP contribution is 2.29. The van der Waals surface area contributed by atoms with Crippen molar-refractivity contribution in [2.24, 2.45) is 0 Å². The lowest BCUT2D eigenvalue weighted by molar-refractivity contribution is 0.0458. The number of sulfonamides is 1. The van der Waals surface area contributed by atoms with Crippen LogP contribution in [0.15, 0.2) is 42.7 Å². The number of likely N-dealkylation sites (tertiary alicyclic amines) is 1. The Morgan fingerprint density at radius 1 is 1.21 bits per heavy atom. The average molecular weight is 438 g/mol. The summed E-state index contributed by atoms with van der Waals surface area (Å²) in [5.41, 5.74) is 1.90. The number of hydrogen-bond donors (Lipinski definition) is 0. The molecule has 1 aromatic heterocycles. The Morgan fingerprint density at radius 3 is 2.72 bits per heavy atom. The van der Waals surface area contributed by atoms with Gasteiger partial charge in [-0.15, -0.1) is 0 Å². The zero-order chi connectivity index (χ0) is 20.4. The van der Waals surface area contributed by atoms with Gasteiger partial charge in [-0.05, 0) is 29.3 Å². The number of ether oxygens (including phenoxy) is 2. The van der Waals surface area contributed by atoms with Crippen molar-refractivity contribution in [1.29, 1.82) is 0 Å². The van der Waals surface area contributed by atoms with Gasteiger partial charge in [0.2, 0.25) is 10.0 Å². The Balaban J connectivity index is 1.54. The van der Waals surface area contributed by atoms with Crippen LogP contribution >= 0.6 is 11.6 Å². The van der Waals surface area contributed by atoms with E-state index in [2.05, 4.69) is 9.88 Å². The summed E-state index contributed by atoms with van der Waals surface area (Å²) >= 11 is 6.25. The van der Waals surface area contributed by atoms with Crippen LogP contribution in [0.5, 0.6) is 5.75 Å². The molecule has 1 aromatic carbocycles. The molecule has 156 valence electrons. The number of nitrogens with zero attached hydrogens (tertiary/aromatic N) is 3. The van der Waals surface area contributed by atoms with Crippen LogP contribution in [-0.4, -0.2) is 67.3 Å². The first-order valence-electron chi connectivity index (χ1n) is 9.51. The van der Waals surface area contributed by atoms with Gasteiger partial charge in [0.15, 0.2) is 0 Å². The third kappa shape index (κ3) is 4.57. The Bertz CT molecular complexity index is 954. The van der Waals surface area contributed by atoms with Gasteiger partial charge < -0.3 is 9.47 Å². The lowest BCUT2D eigenvalue weighted by Gasteiger charge is -2.28. The van der Waals surface area contributed by atoms with Crippen molar-refractivity contribution in [2.75, 3.05) is 32.6 Å². The third-order valence-corrected chi connectivity index (χ3v) is 7.60. The molecule has 2 aromatic rings. The van der Waals surface area contributed by atoms with E-state index in [0.29, 0.717) is 31.2 Å². The van der Waals surface area contributed by atoms with E-state index in [1.165, 1.54) is 0 Å². The fourth-order valence-electron chi connectivity index (χ4n) is 3.93. The highest BCUT2D eigenvalue weighted by Gasteiger charge is 2.44.